The average Bonchev–Trinajstić information content (AvgIpc) is 2.30. The molecule has 0 atom stereocenters. The van der Waals surface area contributed by atoms with Crippen LogP contribution in [0.5, 0.6) is 0 Å². The Morgan fingerprint density at radius 1 is 1.00 bits per heavy atom. The molecule has 18 heavy (non-hydrogen) atoms. The predicted octanol–water partition coefficient (Wildman–Crippen LogP) is 0.707. The molecule has 0 saturated heterocycles. The van der Waals surface area contributed by atoms with Crippen LogP contribution in [0.2, 0.25) is 0 Å². The molecule has 0 rings (SSSR count). The lowest BCUT2D eigenvalue weighted by molar-refractivity contribution is -0.118. The van der Waals surface area contributed by atoms with Gasteiger partial charge in [0.25, 0.3) is 0 Å². The second-order valence-corrected chi connectivity index (χ2v) is 6.58. The van der Waals surface area contributed by atoms with Crippen molar-refractivity contribution < 1.29 is 13.2 Å². The molecule has 0 radical (unpaired) electrons. The van der Waals surface area contributed by atoms with Crippen LogP contribution in [0.3, 0.4) is 0 Å². The first-order valence-corrected chi connectivity index (χ1v) is 8.51. The fraction of sp³-hybridized carbons (Fsp3) is 0.917. The molecule has 0 aliphatic carbocycles. The molecule has 0 aromatic heterocycles. The van der Waals surface area contributed by atoms with E-state index in [1.165, 1.54) is 0 Å². The highest BCUT2D eigenvalue weighted by Gasteiger charge is 2.15. The smallest absolute Gasteiger partial charge is 0.235 e. The van der Waals surface area contributed by atoms with Crippen LogP contribution in [0.15, 0.2) is 0 Å². The van der Waals surface area contributed by atoms with Crippen molar-refractivity contribution in [1.82, 2.24) is 10.6 Å². The Labute approximate surface area is 111 Å². The number of amides is 1. The first-order valence-electron chi connectivity index (χ1n) is 6.69. The summed E-state index contributed by atoms with van der Waals surface area (Å²) in [6.07, 6.45) is 3.33. The largest absolute Gasteiger partial charge is 0.355 e. The van der Waals surface area contributed by atoms with Crippen LogP contribution in [-0.2, 0) is 14.6 Å². The van der Waals surface area contributed by atoms with Crippen molar-refractivity contribution in [2.45, 2.75) is 39.5 Å². The SMILES string of the molecule is CCCNCCCCS(=O)(=O)CC(=O)NCCC. The maximum absolute atomic E-state index is 11.6. The van der Waals surface area contributed by atoms with E-state index in [1.54, 1.807) is 0 Å². The Balaban J connectivity index is 3.70. The highest BCUT2D eigenvalue weighted by atomic mass is 32.2. The van der Waals surface area contributed by atoms with Crippen LogP contribution in [0, 0.1) is 0 Å². The Bertz CT molecular complexity index is 315. The molecule has 2 N–H and O–H groups in total. The summed E-state index contributed by atoms with van der Waals surface area (Å²) < 4.78 is 23.2. The zero-order valence-corrected chi connectivity index (χ0v) is 12.3. The van der Waals surface area contributed by atoms with Gasteiger partial charge in [0.15, 0.2) is 9.84 Å². The molecule has 0 aliphatic heterocycles. The molecule has 0 fully saturated rings. The topological polar surface area (TPSA) is 75.3 Å². The molecule has 6 heteroatoms. The number of hydrogen-bond donors (Lipinski definition) is 2. The van der Waals surface area contributed by atoms with E-state index < -0.39 is 9.84 Å². The minimum Gasteiger partial charge on any atom is -0.355 e. The number of unbranched alkanes of at least 4 members (excludes halogenated alkanes) is 1. The highest BCUT2D eigenvalue weighted by molar-refractivity contribution is 7.92. The summed E-state index contributed by atoms with van der Waals surface area (Å²) in [5, 5.41) is 5.79. The summed E-state index contributed by atoms with van der Waals surface area (Å²) in [6, 6.07) is 0. The summed E-state index contributed by atoms with van der Waals surface area (Å²) in [6.45, 7) is 6.36. The summed E-state index contributed by atoms with van der Waals surface area (Å²) in [4.78, 5) is 11.3. The van der Waals surface area contributed by atoms with E-state index in [4.69, 9.17) is 0 Å². The molecular formula is C12H26N2O3S. The Kier molecular flexibility index (Phi) is 9.96. The maximum atomic E-state index is 11.6. The van der Waals surface area contributed by atoms with Gasteiger partial charge in [0.1, 0.15) is 5.75 Å². The van der Waals surface area contributed by atoms with Crippen LogP contribution < -0.4 is 10.6 Å². The van der Waals surface area contributed by atoms with Gasteiger partial charge >= 0.3 is 0 Å². The monoisotopic (exact) mass is 278 g/mol. The Hall–Kier alpha value is -0.620. The van der Waals surface area contributed by atoms with Crippen LogP contribution in [0.25, 0.3) is 0 Å². The summed E-state index contributed by atoms with van der Waals surface area (Å²) in [5.41, 5.74) is 0. The predicted molar refractivity (Wildman–Crippen MR) is 74.3 cm³/mol. The van der Waals surface area contributed by atoms with Crippen LogP contribution >= 0.6 is 0 Å². The minimum atomic E-state index is -3.24. The fourth-order valence-electron chi connectivity index (χ4n) is 1.46. The van der Waals surface area contributed by atoms with Crippen molar-refractivity contribution in [3.8, 4) is 0 Å². The Morgan fingerprint density at radius 2 is 1.67 bits per heavy atom. The van der Waals surface area contributed by atoms with Crippen molar-refractivity contribution in [3.05, 3.63) is 0 Å². The highest BCUT2D eigenvalue weighted by Crippen LogP contribution is 1.97. The summed E-state index contributed by atoms with van der Waals surface area (Å²) in [7, 11) is -3.24. The van der Waals surface area contributed by atoms with E-state index in [1.807, 2.05) is 6.92 Å². The first-order chi connectivity index (χ1) is 8.52. The molecule has 0 aromatic rings. The van der Waals surface area contributed by atoms with Crippen LogP contribution in [0.4, 0.5) is 0 Å². The number of carbonyl (C=O) groups is 1. The number of sulfone groups is 1. The molecule has 1 amide bonds. The Morgan fingerprint density at radius 3 is 2.28 bits per heavy atom. The lowest BCUT2D eigenvalue weighted by Gasteiger charge is -2.06. The van der Waals surface area contributed by atoms with E-state index in [-0.39, 0.29) is 17.4 Å². The van der Waals surface area contributed by atoms with Gasteiger partial charge in [-0.05, 0) is 38.8 Å². The van der Waals surface area contributed by atoms with Crippen molar-refractivity contribution in [2.24, 2.45) is 0 Å². The average molecular weight is 278 g/mol. The molecule has 0 bridgehead atoms. The van der Waals surface area contributed by atoms with E-state index in [9.17, 15) is 13.2 Å². The van der Waals surface area contributed by atoms with Crippen molar-refractivity contribution in [1.29, 1.82) is 0 Å². The maximum Gasteiger partial charge on any atom is 0.235 e. The standard InChI is InChI=1S/C12H26N2O3S/c1-3-7-13-9-5-6-10-18(16,17)11-12(15)14-8-4-2/h13H,3-11H2,1-2H3,(H,14,15). The lowest BCUT2D eigenvalue weighted by Crippen LogP contribution is -2.31. The van der Waals surface area contributed by atoms with E-state index in [2.05, 4.69) is 17.6 Å². The quantitative estimate of drug-likeness (QED) is 0.546. The molecule has 0 spiro atoms. The zero-order chi connectivity index (χ0) is 13.9. The number of carbonyl (C=O) groups excluding carboxylic acids is 1. The van der Waals surface area contributed by atoms with Gasteiger partial charge in [-0.15, -0.1) is 0 Å². The van der Waals surface area contributed by atoms with E-state index in [0.717, 1.165) is 32.4 Å². The summed E-state index contributed by atoms with van der Waals surface area (Å²) >= 11 is 0. The molecular weight excluding hydrogens is 252 g/mol. The number of hydrogen-bond acceptors (Lipinski definition) is 4. The van der Waals surface area contributed by atoms with Crippen LogP contribution in [0.1, 0.15) is 39.5 Å². The molecule has 0 aliphatic rings. The molecule has 0 aromatic carbocycles. The minimum absolute atomic E-state index is 0.0976. The van der Waals surface area contributed by atoms with Gasteiger partial charge in [-0.3, -0.25) is 4.79 Å². The second kappa shape index (κ2) is 10.3. The third-order valence-corrected chi connectivity index (χ3v) is 4.02. The fourth-order valence-corrected chi connectivity index (χ4v) is 2.75. The molecule has 0 saturated carbocycles. The normalized spacial score (nSPS) is 11.4. The third-order valence-electron chi connectivity index (χ3n) is 2.41. The lowest BCUT2D eigenvalue weighted by atomic mass is 10.3. The number of nitrogens with one attached hydrogen (secondary N) is 2. The third kappa shape index (κ3) is 10.5. The van der Waals surface area contributed by atoms with Gasteiger partial charge < -0.3 is 10.6 Å². The van der Waals surface area contributed by atoms with Gasteiger partial charge in [0.05, 0.1) is 5.75 Å². The summed E-state index contributed by atoms with van der Waals surface area (Å²) in [5.74, 6) is -0.670. The second-order valence-electron chi connectivity index (χ2n) is 4.40. The van der Waals surface area contributed by atoms with Gasteiger partial charge in [-0.1, -0.05) is 13.8 Å². The first kappa shape index (κ1) is 17.4. The van der Waals surface area contributed by atoms with Crippen molar-refractivity contribution >= 4 is 15.7 Å². The molecule has 0 heterocycles. The van der Waals surface area contributed by atoms with Crippen molar-refractivity contribution in [2.75, 3.05) is 31.1 Å². The van der Waals surface area contributed by atoms with Crippen molar-refractivity contribution in [3.63, 3.8) is 0 Å². The van der Waals surface area contributed by atoms with E-state index >= 15 is 0 Å². The number of rotatable bonds is 11. The van der Waals surface area contributed by atoms with Gasteiger partial charge in [0, 0.05) is 6.54 Å². The van der Waals surface area contributed by atoms with Gasteiger partial charge in [-0.25, -0.2) is 8.42 Å². The zero-order valence-electron chi connectivity index (χ0n) is 11.5. The molecule has 0 unspecified atom stereocenters. The van der Waals surface area contributed by atoms with Crippen LogP contribution in [-0.4, -0.2) is 45.5 Å². The molecule has 5 nitrogen and oxygen atoms in total. The molecule has 108 valence electrons. The van der Waals surface area contributed by atoms with E-state index in [0.29, 0.717) is 13.0 Å². The van der Waals surface area contributed by atoms with Gasteiger partial charge in [-0.2, -0.15) is 0 Å². The van der Waals surface area contributed by atoms with Gasteiger partial charge in [0.2, 0.25) is 5.91 Å².